The highest BCUT2D eigenvalue weighted by Gasteiger charge is 2.46. The van der Waals surface area contributed by atoms with E-state index >= 15 is 0 Å². The van der Waals surface area contributed by atoms with Gasteiger partial charge in [0.25, 0.3) is 0 Å². The SMILES string of the molecule is COC(=O)c1sccc1S(=O)(=O)N1CCC2(CCN(C(=O)Nc3ccccc3OC)CC2)C1. The zero-order chi connectivity index (χ0) is 23.6. The number of nitrogens with one attached hydrogen (secondary N) is 1. The molecule has 4 rings (SSSR count). The van der Waals surface area contributed by atoms with E-state index in [4.69, 9.17) is 9.47 Å². The highest BCUT2D eigenvalue weighted by molar-refractivity contribution is 7.89. The summed E-state index contributed by atoms with van der Waals surface area (Å²) in [4.78, 5) is 26.6. The van der Waals surface area contributed by atoms with Crippen molar-refractivity contribution in [3.05, 3.63) is 40.6 Å². The van der Waals surface area contributed by atoms with Crippen LogP contribution in [0, 0.1) is 5.41 Å². The van der Waals surface area contributed by atoms with Gasteiger partial charge in [-0.1, -0.05) is 12.1 Å². The van der Waals surface area contributed by atoms with Gasteiger partial charge in [0.2, 0.25) is 10.0 Å². The average molecular weight is 494 g/mol. The Kier molecular flexibility index (Phi) is 6.64. The first kappa shape index (κ1) is 23.5. The van der Waals surface area contributed by atoms with Gasteiger partial charge in [-0.3, -0.25) is 0 Å². The molecule has 0 saturated carbocycles. The van der Waals surface area contributed by atoms with Crippen molar-refractivity contribution in [3.8, 4) is 5.75 Å². The molecular formula is C22H27N3O6S2. The van der Waals surface area contributed by atoms with Crippen LogP contribution in [0.25, 0.3) is 0 Å². The number of urea groups is 1. The van der Waals surface area contributed by atoms with Crippen molar-refractivity contribution in [2.45, 2.75) is 24.2 Å². The number of hydrogen-bond acceptors (Lipinski definition) is 7. The van der Waals surface area contributed by atoms with Crippen LogP contribution < -0.4 is 10.1 Å². The number of piperidine rings is 1. The van der Waals surface area contributed by atoms with Gasteiger partial charge in [-0.25, -0.2) is 18.0 Å². The van der Waals surface area contributed by atoms with Gasteiger partial charge in [0.15, 0.2) is 0 Å². The number of sulfonamides is 1. The van der Waals surface area contributed by atoms with Gasteiger partial charge in [0.1, 0.15) is 15.5 Å². The molecule has 1 aromatic heterocycles. The van der Waals surface area contributed by atoms with Gasteiger partial charge in [-0.2, -0.15) is 4.31 Å². The highest BCUT2D eigenvalue weighted by Crippen LogP contribution is 2.43. The molecule has 3 heterocycles. The largest absolute Gasteiger partial charge is 0.495 e. The number of hydrogen-bond donors (Lipinski definition) is 1. The van der Waals surface area contributed by atoms with Gasteiger partial charge in [0.05, 0.1) is 19.9 Å². The summed E-state index contributed by atoms with van der Waals surface area (Å²) in [6.45, 7) is 1.86. The number of ether oxygens (including phenoxy) is 2. The van der Waals surface area contributed by atoms with E-state index in [9.17, 15) is 18.0 Å². The molecule has 2 fully saturated rings. The first-order valence-electron chi connectivity index (χ1n) is 10.6. The quantitative estimate of drug-likeness (QED) is 0.641. The van der Waals surface area contributed by atoms with Crippen LogP contribution in [-0.2, 0) is 14.8 Å². The molecule has 2 aliphatic rings. The third kappa shape index (κ3) is 4.57. The van der Waals surface area contributed by atoms with Crippen molar-refractivity contribution in [1.82, 2.24) is 9.21 Å². The lowest BCUT2D eigenvalue weighted by Gasteiger charge is -2.39. The van der Waals surface area contributed by atoms with E-state index in [1.165, 1.54) is 17.5 Å². The zero-order valence-electron chi connectivity index (χ0n) is 18.6. The minimum absolute atomic E-state index is 0.00465. The third-order valence-electron chi connectivity index (χ3n) is 6.48. The second-order valence-electron chi connectivity index (χ2n) is 8.31. The molecule has 0 aliphatic carbocycles. The van der Waals surface area contributed by atoms with E-state index < -0.39 is 16.0 Å². The summed E-state index contributed by atoms with van der Waals surface area (Å²) in [6, 6.07) is 8.50. The van der Waals surface area contributed by atoms with Crippen LogP contribution in [0.5, 0.6) is 5.75 Å². The number of thiophene rings is 1. The fraction of sp³-hybridized carbons (Fsp3) is 0.455. The third-order valence-corrected chi connectivity index (χ3v) is 9.39. The van der Waals surface area contributed by atoms with E-state index in [0.717, 1.165) is 17.8 Å². The molecule has 9 nitrogen and oxygen atoms in total. The van der Waals surface area contributed by atoms with Crippen LogP contribution in [0.2, 0.25) is 0 Å². The van der Waals surface area contributed by atoms with E-state index in [2.05, 4.69) is 5.32 Å². The number of carbonyl (C=O) groups is 2. The number of benzene rings is 1. The maximum absolute atomic E-state index is 13.2. The molecule has 11 heteroatoms. The molecule has 2 saturated heterocycles. The fourth-order valence-electron chi connectivity index (χ4n) is 4.51. The summed E-state index contributed by atoms with van der Waals surface area (Å²) in [5, 5.41) is 4.48. The van der Waals surface area contributed by atoms with E-state index in [1.54, 1.807) is 29.5 Å². The maximum Gasteiger partial charge on any atom is 0.349 e. The maximum atomic E-state index is 13.2. The molecule has 0 unspecified atom stereocenters. The number of likely N-dealkylation sites (tertiary alicyclic amines) is 1. The summed E-state index contributed by atoms with van der Waals surface area (Å²) in [5.41, 5.74) is 0.441. The Labute approximate surface area is 197 Å². The number of anilines is 1. The van der Waals surface area contributed by atoms with Crippen LogP contribution in [0.1, 0.15) is 28.9 Å². The summed E-state index contributed by atoms with van der Waals surface area (Å²) < 4.78 is 38.0. The molecule has 2 aromatic rings. The molecular weight excluding hydrogens is 466 g/mol. The fourth-order valence-corrected chi connectivity index (χ4v) is 7.38. The molecule has 1 aromatic carbocycles. The minimum Gasteiger partial charge on any atom is -0.495 e. The Balaban J connectivity index is 1.39. The Morgan fingerprint density at radius 1 is 1.06 bits per heavy atom. The van der Waals surface area contributed by atoms with Crippen molar-refractivity contribution in [2.75, 3.05) is 45.7 Å². The van der Waals surface area contributed by atoms with Gasteiger partial charge in [0, 0.05) is 26.2 Å². The van der Waals surface area contributed by atoms with Gasteiger partial charge >= 0.3 is 12.0 Å². The molecule has 2 aliphatic heterocycles. The smallest absolute Gasteiger partial charge is 0.349 e. The van der Waals surface area contributed by atoms with Gasteiger partial charge in [-0.15, -0.1) is 11.3 Å². The topological polar surface area (TPSA) is 105 Å². The van der Waals surface area contributed by atoms with Gasteiger partial charge < -0.3 is 19.7 Å². The van der Waals surface area contributed by atoms with Crippen LogP contribution in [-0.4, -0.2) is 70.0 Å². The normalized spacial score (nSPS) is 18.3. The molecule has 1 N–H and O–H groups in total. The lowest BCUT2D eigenvalue weighted by Crippen LogP contribution is -2.46. The van der Waals surface area contributed by atoms with Crippen molar-refractivity contribution < 1.29 is 27.5 Å². The van der Waals surface area contributed by atoms with Crippen molar-refractivity contribution in [1.29, 1.82) is 0 Å². The number of nitrogens with zero attached hydrogens (tertiary/aromatic N) is 2. The molecule has 0 bridgehead atoms. The van der Waals surface area contributed by atoms with Crippen molar-refractivity contribution in [3.63, 3.8) is 0 Å². The van der Waals surface area contributed by atoms with Gasteiger partial charge in [-0.05, 0) is 48.3 Å². The standard InChI is InChI=1S/C22H27N3O6S2/c1-30-17-6-4-3-5-16(17)23-21(27)24-11-8-22(9-12-24)10-13-25(15-22)33(28,29)18-7-14-32-19(18)20(26)31-2/h3-7,14H,8-13,15H2,1-2H3,(H,23,27). The van der Waals surface area contributed by atoms with Crippen LogP contribution >= 0.6 is 11.3 Å². The molecule has 0 atom stereocenters. The molecule has 2 amide bonds. The summed E-state index contributed by atoms with van der Waals surface area (Å²) in [7, 11) is -1.01. The predicted octanol–water partition coefficient (Wildman–Crippen LogP) is 3.25. The Hall–Kier alpha value is -2.63. The predicted molar refractivity (Wildman–Crippen MR) is 124 cm³/mol. The summed E-state index contributed by atoms with van der Waals surface area (Å²) in [6.07, 6.45) is 2.16. The molecule has 0 radical (unpaired) electrons. The zero-order valence-corrected chi connectivity index (χ0v) is 20.2. The average Bonchev–Trinajstić information content (AvgIpc) is 3.48. The van der Waals surface area contributed by atoms with Crippen LogP contribution in [0.15, 0.2) is 40.6 Å². The number of amides is 2. The van der Waals surface area contributed by atoms with Crippen LogP contribution in [0.3, 0.4) is 0 Å². The highest BCUT2D eigenvalue weighted by atomic mass is 32.2. The molecule has 33 heavy (non-hydrogen) atoms. The number of methoxy groups -OCH3 is 2. The number of rotatable bonds is 5. The first-order valence-corrected chi connectivity index (χ1v) is 13.0. The number of carbonyl (C=O) groups excluding carboxylic acids is 2. The number of para-hydroxylation sites is 2. The van der Waals surface area contributed by atoms with Crippen LogP contribution in [0.4, 0.5) is 10.5 Å². The lowest BCUT2D eigenvalue weighted by molar-refractivity contribution is 0.0602. The van der Waals surface area contributed by atoms with Crippen molar-refractivity contribution >= 4 is 39.0 Å². The van der Waals surface area contributed by atoms with E-state index in [0.29, 0.717) is 50.5 Å². The Bertz CT molecular complexity index is 1140. The summed E-state index contributed by atoms with van der Waals surface area (Å²) in [5.74, 6) is -0.0532. The second kappa shape index (κ2) is 9.32. The minimum atomic E-state index is -3.80. The summed E-state index contributed by atoms with van der Waals surface area (Å²) >= 11 is 1.06. The van der Waals surface area contributed by atoms with E-state index in [1.807, 2.05) is 12.1 Å². The monoisotopic (exact) mass is 493 g/mol. The first-order chi connectivity index (χ1) is 15.8. The molecule has 1 spiro atoms. The second-order valence-corrected chi connectivity index (χ2v) is 11.1. The number of esters is 1. The Morgan fingerprint density at radius 3 is 2.45 bits per heavy atom. The Morgan fingerprint density at radius 2 is 1.76 bits per heavy atom. The lowest BCUT2D eigenvalue weighted by atomic mass is 9.78. The van der Waals surface area contributed by atoms with Crippen molar-refractivity contribution in [2.24, 2.45) is 5.41 Å². The van der Waals surface area contributed by atoms with E-state index in [-0.39, 0.29) is 21.2 Å². The molecule has 178 valence electrons.